The van der Waals surface area contributed by atoms with Gasteiger partial charge in [-0.3, -0.25) is 4.79 Å². The van der Waals surface area contributed by atoms with Gasteiger partial charge in [0.1, 0.15) is 18.0 Å². The number of ether oxygens (including phenoxy) is 2. The molecule has 2 heterocycles. The van der Waals surface area contributed by atoms with Gasteiger partial charge in [-0.1, -0.05) is 35.3 Å². The van der Waals surface area contributed by atoms with Gasteiger partial charge in [-0.15, -0.1) is 0 Å². The first-order chi connectivity index (χ1) is 10.1. The summed E-state index contributed by atoms with van der Waals surface area (Å²) < 4.78 is 11.1. The number of hydrogen-bond donors (Lipinski definition) is 1. The van der Waals surface area contributed by atoms with Gasteiger partial charge in [0.2, 0.25) is 6.10 Å². The van der Waals surface area contributed by atoms with Gasteiger partial charge in [-0.05, 0) is 12.1 Å². The van der Waals surface area contributed by atoms with Gasteiger partial charge in [-0.2, -0.15) is 0 Å². The maximum absolute atomic E-state index is 12.2. The van der Waals surface area contributed by atoms with Gasteiger partial charge in [0, 0.05) is 0 Å². The number of rotatable bonds is 2. The molecule has 0 aliphatic carbocycles. The molecule has 3 rings (SSSR count). The van der Waals surface area contributed by atoms with Crippen LogP contribution < -0.4 is 14.8 Å². The van der Waals surface area contributed by atoms with E-state index in [4.69, 9.17) is 32.7 Å². The molecule has 2 aromatic rings. The van der Waals surface area contributed by atoms with E-state index in [1.807, 2.05) is 6.07 Å². The number of fused-ring (bicyclic) bond motifs is 1. The molecule has 1 aromatic heterocycles. The molecule has 6 nitrogen and oxygen atoms in total. The molecule has 1 aromatic carbocycles. The number of amides is 1. The van der Waals surface area contributed by atoms with Crippen molar-refractivity contribution in [3.63, 3.8) is 0 Å². The second-order valence-corrected chi connectivity index (χ2v) is 4.92. The van der Waals surface area contributed by atoms with Gasteiger partial charge in [0.25, 0.3) is 5.91 Å². The Bertz CT molecular complexity index is 696. The van der Waals surface area contributed by atoms with Crippen LogP contribution in [0.4, 0.5) is 5.82 Å². The maximum atomic E-state index is 12.2. The molecule has 1 aliphatic heterocycles. The lowest BCUT2D eigenvalue weighted by Gasteiger charge is -2.25. The van der Waals surface area contributed by atoms with Crippen LogP contribution in [0.15, 0.2) is 30.6 Å². The molecule has 0 bridgehead atoms. The third kappa shape index (κ3) is 2.86. The summed E-state index contributed by atoms with van der Waals surface area (Å²) in [5.74, 6) is 0.811. The molecule has 1 aliphatic rings. The van der Waals surface area contributed by atoms with Crippen LogP contribution in [-0.2, 0) is 4.79 Å². The van der Waals surface area contributed by atoms with Crippen molar-refractivity contribution in [2.24, 2.45) is 0 Å². The normalized spacial score (nSPS) is 16.4. The van der Waals surface area contributed by atoms with Crippen molar-refractivity contribution >= 4 is 34.9 Å². The summed E-state index contributed by atoms with van der Waals surface area (Å²) in [6.07, 6.45) is 0.405. The molecule has 0 radical (unpaired) electrons. The minimum atomic E-state index is -0.801. The molecule has 1 N–H and O–H groups in total. The van der Waals surface area contributed by atoms with Crippen molar-refractivity contribution in [3.05, 3.63) is 40.8 Å². The van der Waals surface area contributed by atoms with Gasteiger partial charge >= 0.3 is 0 Å². The number of nitrogens with one attached hydrogen (secondary N) is 1. The van der Waals surface area contributed by atoms with E-state index in [9.17, 15) is 4.79 Å². The van der Waals surface area contributed by atoms with Gasteiger partial charge in [0.15, 0.2) is 22.5 Å². The Morgan fingerprint density at radius 3 is 2.81 bits per heavy atom. The molecular weight excluding hydrogens is 317 g/mol. The highest BCUT2D eigenvalue weighted by atomic mass is 35.5. The number of carbonyl (C=O) groups excluding carboxylic acids is 1. The van der Waals surface area contributed by atoms with Crippen molar-refractivity contribution in [1.29, 1.82) is 0 Å². The van der Waals surface area contributed by atoms with Crippen LogP contribution in [0.1, 0.15) is 0 Å². The van der Waals surface area contributed by atoms with Crippen LogP contribution in [0.25, 0.3) is 0 Å². The smallest absolute Gasteiger partial charge is 0.270 e. The fourth-order valence-corrected chi connectivity index (χ4v) is 2.06. The number of aromatic nitrogens is 2. The van der Waals surface area contributed by atoms with E-state index in [-0.39, 0.29) is 22.6 Å². The molecule has 0 saturated heterocycles. The van der Waals surface area contributed by atoms with Crippen molar-refractivity contribution < 1.29 is 14.3 Å². The number of halogens is 2. The Labute approximate surface area is 130 Å². The predicted molar refractivity (Wildman–Crippen MR) is 77.0 cm³/mol. The maximum Gasteiger partial charge on any atom is 0.270 e. The molecule has 21 heavy (non-hydrogen) atoms. The summed E-state index contributed by atoms with van der Waals surface area (Å²) >= 11 is 11.7. The first-order valence-electron chi connectivity index (χ1n) is 6.00. The minimum absolute atomic E-state index is 0.0631. The zero-order valence-electron chi connectivity index (χ0n) is 10.5. The number of para-hydroxylation sites is 2. The Kier molecular flexibility index (Phi) is 3.81. The van der Waals surface area contributed by atoms with Gasteiger partial charge in [-0.25, -0.2) is 9.97 Å². The molecule has 0 fully saturated rings. The van der Waals surface area contributed by atoms with Crippen molar-refractivity contribution in [1.82, 2.24) is 9.97 Å². The Hall–Kier alpha value is -2.05. The second-order valence-electron chi connectivity index (χ2n) is 4.18. The molecule has 0 saturated carbocycles. The molecular formula is C13H9Cl2N3O3. The summed E-state index contributed by atoms with van der Waals surface area (Å²) in [5, 5.41) is 2.68. The number of anilines is 1. The first kappa shape index (κ1) is 13.9. The summed E-state index contributed by atoms with van der Waals surface area (Å²) in [7, 11) is 0. The van der Waals surface area contributed by atoms with Crippen molar-refractivity contribution in [2.75, 3.05) is 11.9 Å². The summed E-state index contributed by atoms with van der Waals surface area (Å²) in [6.45, 7) is 0.0965. The third-order valence-electron chi connectivity index (χ3n) is 2.79. The molecule has 108 valence electrons. The Morgan fingerprint density at radius 2 is 2.00 bits per heavy atom. The van der Waals surface area contributed by atoms with E-state index in [0.29, 0.717) is 11.5 Å². The van der Waals surface area contributed by atoms with Crippen molar-refractivity contribution in [2.45, 2.75) is 6.10 Å². The summed E-state index contributed by atoms with van der Waals surface area (Å²) in [4.78, 5) is 19.7. The average molecular weight is 326 g/mol. The lowest BCUT2D eigenvalue weighted by Crippen LogP contribution is -2.40. The average Bonchev–Trinajstić information content (AvgIpc) is 2.51. The van der Waals surface area contributed by atoms with Crippen LogP contribution in [-0.4, -0.2) is 28.6 Å². The second kappa shape index (κ2) is 5.75. The van der Waals surface area contributed by atoms with Crippen LogP contribution in [0.3, 0.4) is 0 Å². The Morgan fingerprint density at radius 1 is 1.24 bits per heavy atom. The molecule has 0 spiro atoms. The van der Waals surface area contributed by atoms with E-state index in [1.54, 1.807) is 18.2 Å². The fraction of sp³-hybridized carbons (Fsp3) is 0.154. The van der Waals surface area contributed by atoms with E-state index in [1.165, 1.54) is 6.33 Å². The van der Waals surface area contributed by atoms with Gasteiger partial charge in [0.05, 0.1) is 0 Å². The largest absolute Gasteiger partial charge is 0.485 e. The lowest BCUT2D eigenvalue weighted by atomic mass is 10.2. The monoisotopic (exact) mass is 325 g/mol. The van der Waals surface area contributed by atoms with Crippen molar-refractivity contribution in [3.8, 4) is 11.5 Å². The summed E-state index contributed by atoms with van der Waals surface area (Å²) in [6, 6.07) is 7.11. The Balaban J connectivity index is 1.74. The minimum Gasteiger partial charge on any atom is -0.485 e. The number of nitrogens with zero attached hydrogens (tertiary/aromatic N) is 2. The van der Waals surface area contributed by atoms with Crippen LogP contribution in [0.5, 0.6) is 11.5 Å². The summed E-state index contributed by atoms with van der Waals surface area (Å²) in [5.41, 5.74) is 0. The molecule has 1 amide bonds. The topological polar surface area (TPSA) is 73.3 Å². The molecule has 1 atom stereocenters. The standard InChI is InChI=1S/C13H9Cl2N3O3/c14-10-11(15)16-6-17-12(10)18-13(19)9-5-20-7-3-1-2-4-8(7)21-9/h1-4,6,9H,5H2,(H,16,17,18,19). The highest BCUT2D eigenvalue weighted by Crippen LogP contribution is 2.31. The van der Waals surface area contributed by atoms with Crippen LogP contribution >= 0.6 is 23.2 Å². The lowest BCUT2D eigenvalue weighted by molar-refractivity contribution is -0.125. The first-order valence-corrected chi connectivity index (χ1v) is 6.76. The van der Waals surface area contributed by atoms with Crippen LogP contribution in [0.2, 0.25) is 10.2 Å². The predicted octanol–water partition coefficient (Wildman–Crippen LogP) is 2.56. The van der Waals surface area contributed by atoms with E-state index >= 15 is 0 Å². The van der Waals surface area contributed by atoms with Crippen LogP contribution in [0, 0.1) is 0 Å². The fourth-order valence-electron chi connectivity index (χ4n) is 1.78. The number of carbonyl (C=O) groups is 1. The van der Waals surface area contributed by atoms with E-state index in [0.717, 1.165) is 0 Å². The number of benzene rings is 1. The third-order valence-corrected chi connectivity index (χ3v) is 3.53. The molecule has 8 heteroatoms. The highest BCUT2D eigenvalue weighted by molar-refractivity contribution is 6.42. The zero-order chi connectivity index (χ0) is 14.8. The van der Waals surface area contributed by atoms with E-state index < -0.39 is 12.0 Å². The zero-order valence-corrected chi connectivity index (χ0v) is 12.1. The quantitative estimate of drug-likeness (QED) is 0.859. The molecule has 1 unspecified atom stereocenters. The van der Waals surface area contributed by atoms with E-state index in [2.05, 4.69) is 15.3 Å². The number of hydrogen-bond acceptors (Lipinski definition) is 5. The van der Waals surface area contributed by atoms with Gasteiger partial charge < -0.3 is 14.8 Å². The highest BCUT2D eigenvalue weighted by Gasteiger charge is 2.28. The SMILES string of the molecule is O=C(Nc1ncnc(Cl)c1Cl)C1COc2ccccc2O1.